The fraction of sp³-hybridized carbons (Fsp3) is 0.765. The Balaban J connectivity index is 2.09. The van der Waals surface area contributed by atoms with Crippen LogP contribution < -0.4 is 5.32 Å². The van der Waals surface area contributed by atoms with Crippen LogP contribution in [0.4, 0.5) is 0 Å². The highest BCUT2D eigenvalue weighted by molar-refractivity contribution is 5.82. The van der Waals surface area contributed by atoms with Crippen molar-refractivity contribution in [2.45, 2.75) is 46.6 Å². The van der Waals surface area contributed by atoms with E-state index in [9.17, 15) is 4.79 Å². The van der Waals surface area contributed by atoms with Gasteiger partial charge in [-0.05, 0) is 12.8 Å². The molecule has 1 aromatic rings. The number of ether oxygens (including phenoxy) is 1. The molecule has 0 bridgehead atoms. The molecular weight excluding hydrogens is 322 g/mol. The summed E-state index contributed by atoms with van der Waals surface area (Å²) < 4.78 is 10.2. The van der Waals surface area contributed by atoms with Crippen LogP contribution in [0.1, 0.15) is 46.3 Å². The number of guanidine groups is 1. The van der Waals surface area contributed by atoms with E-state index in [2.05, 4.69) is 32.3 Å². The topological polar surface area (TPSA) is 92.9 Å². The number of carbonyl (C=O) groups is 1. The molecule has 2 unspecified atom stereocenters. The number of aromatic nitrogens is 2. The number of hydrogen-bond acceptors (Lipinski definition) is 6. The zero-order valence-corrected chi connectivity index (χ0v) is 16.0. The van der Waals surface area contributed by atoms with E-state index in [0.29, 0.717) is 24.8 Å². The molecule has 8 heteroatoms. The van der Waals surface area contributed by atoms with E-state index in [1.54, 1.807) is 0 Å². The van der Waals surface area contributed by atoms with Gasteiger partial charge in [0.2, 0.25) is 5.89 Å². The van der Waals surface area contributed by atoms with Crippen LogP contribution in [0.15, 0.2) is 9.52 Å². The summed E-state index contributed by atoms with van der Waals surface area (Å²) in [4.78, 5) is 23.0. The molecule has 1 aliphatic rings. The summed E-state index contributed by atoms with van der Waals surface area (Å²) in [6.45, 7) is 12.6. The maximum absolute atomic E-state index is 11.9. The van der Waals surface area contributed by atoms with Crippen LogP contribution in [0.25, 0.3) is 0 Å². The van der Waals surface area contributed by atoms with E-state index in [0.717, 1.165) is 19.0 Å². The minimum atomic E-state index is -0.183. The zero-order valence-electron chi connectivity index (χ0n) is 16.0. The predicted octanol–water partition coefficient (Wildman–Crippen LogP) is 1.57. The van der Waals surface area contributed by atoms with Gasteiger partial charge in [-0.3, -0.25) is 4.79 Å². The number of hydrogen-bond donors (Lipinski definition) is 1. The van der Waals surface area contributed by atoms with Crippen molar-refractivity contribution in [3.63, 3.8) is 0 Å². The van der Waals surface area contributed by atoms with Crippen LogP contribution in [0.5, 0.6) is 0 Å². The Morgan fingerprint density at radius 1 is 1.44 bits per heavy atom. The van der Waals surface area contributed by atoms with Crippen LogP contribution in [0.3, 0.4) is 0 Å². The van der Waals surface area contributed by atoms with Gasteiger partial charge in [0.1, 0.15) is 6.54 Å². The largest absolute Gasteiger partial charge is 0.469 e. The molecule has 2 atom stereocenters. The maximum Gasteiger partial charge on any atom is 0.310 e. The van der Waals surface area contributed by atoms with Gasteiger partial charge in [-0.25, -0.2) is 4.99 Å². The first-order valence-electron chi connectivity index (χ1n) is 8.70. The van der Waals surface area contributed by atoms with Gasteiger partial charge in [0.05, 0.1) is 13.0 Å². The second-order valence-electron chi connectivity index (χ2n) is 7.45. The third-order valence-electron chi connectivity index (χ3n) is 4.23. The van der Waals surface area contributed by atoms with Gasteiger partial charge in [0.15, 0.2) is 11.8 Å². The van der Waals surface area contributed by atoms with Gasteiger partial charge in [-0.15, -0.1) is 0 Å². The lowest BCUT2D eigenvalue weighted by atomic mass is 9.97. The van der Waals surface area contributed by atoms with E-state index < -0.39 is 0 Å². The summed E-state index contributed by atoms with van der Waals surface area (Å²) in [6.07, 6.45) is 0. The normalized spacial score (nSPS) is 21.5. The molecule has 1 aromatic heterocycles. The number of aliphatic imine (C=N–C) groups is 1. The fourth-order valence-corrected chi connectivity index (χ4v) is 2.79. The van der Waals surface area contributed by atoms with Crippen molar-refractivity contribution in [2.75, 3.05) is 26.7 Å². The number of likely N-dealkylation sites (tertiary alicyclic amines) is 1. The molecule has 2 heterocycles. The molecule has 0 saturated carbocycles. The average molecular weight is 351 g/mol. The summed E-state index contributed by atoms with van der Waals surface area (Å²) in [5.74, 6) is 1.82. The molecule has 0 amide bonds. The van der Waals surface area contributed by atoms with E-state index in [4.69, 9.17) is 9.26 Å². The van der Waals surface area contributed by atoms with E-state index in [-0.39, 0.29) is 23.2 Å². The molecule has 0 aliphatic carbocycles. The van der Waals surface area contributed by atoms with Gasteiger partial charge in [-0.1, -0.05) is 32.9 Å². The van der Waals surface area contributed by atoms with Crippen molar-refractivity contribution in [3.05, 3.63) is 11.7 Å². The fourth-order valence-electron chi connectivity index (χ4n) is 2.79. The first-order valence-corrected chi connectivity index (χ1v) is 8.70. The Bertz CT molecular complexity index is 620. The lowest BCUT2D eigenvalue weighted by molar-refractivity contribution is -0.145. The van der Waals surface area contributed by atoms with Crippen molar-refractivity contribution in [1.82, 2.24) is 20.4 Å². The molecule has 0 radical (unpaired) electrons. The molecule has 8 nitrogen and oxygen atoms in total. The maximum atomic E-state index is 11.9. The van der Waals surface area contributed by atoms with Gasteiger partial charge in [0, 0.05) is 25.0 Å². The van der Waals surface area contributed by atoms with Crippen LogP contribution in [-0.4, -0.2) is 53.7 Å². The highest BCUT2D eigenvalue weighted by atomic mass is 16.5. The summed E-state index contributed by atoms with van der Waals surface area (Å²) in [6, 6.07) is 0. The number of nitrogens with zero attached hydrogens (tertiary/aromatic N) is 4. The Hall–Kier alpha value is -2.12. The summed E-state index contributed by atoms with van der Waals surface area (Å²) in [5, 5.41) is 7.27. The highest BCUT2D eigenvalue weighted by Gasteiger charge is 2.36. The number of methoxy groups -OCH3 is 1. The smallest absolute Gasteiger partial charge is 0.310 e. The summed E-state index contributed by atoms with van der Waals surface area (Å²) in [7, 11) is 1.43. The minimum absolute atomic E-state index is 0.133. The second kappa shape index (κ2) is 7.84. The van der Waals surface area contributed by atoms with Gasteiger partial charge in [-0.2, -0.15) is 4.98 Å². The minimum Gasteiger partial charge on any atom is -0.469 e. The molecule has 0 aromatic carbocycles. The molecule has 1 fully saturated rings. The summed E-state index contributed by atoms with van der Waals surface area (Å²) in [5.41, 5.74) is -0.183. The standard InChI is InChI=1S/C17H29N5O3/c1-7-18-16(22-9-11(2)12(10-22)14(23)24-6)19-8-13-20-15(25-21-13)17(3,4)5/h11-12H,7-10H2,1-6H3,(H,18,19). The molecular formula is C17H29N5O3. The molecule has 1 N–H and O–H groups in total. The summed E-state index contributed by atoms with van der Waals surface area (Å²) >= 11 is 0. The quantitative estimate of drug-likeness (QED) is 0.500. The lowest BCUT2D eigenvalue weighted by Crippen LogP contribution is -2.40. The first kappa shape index (κ1) is 19.2. The van der Waals surface area contributed by atoms with Gasteiger partial charge >= 0.3 is 5.97 Å². The van der Waals surface area contributed by atoms with Crippen LogP contribution >= 0.6 is 0 Å². The Morgan fingerprint density at radius 2 is 2.16 bits per heavy atom. The van der Waals surface area contributed by atoms with Crippen molar-refractivity contribution < 1.29 is 14.1 Å². The molecule has 0 spiro atoms. The molecule has 140 valence electrons. The average Bonchev–Trinajstić information content (AvgIpc) is 3.17. The van der Waals surface area contributed by atoms with Crippen molar-refractivity contribution in [2.24, 2.45) is 16.8 Å². The number of esters is 1. The Kier molecular flexibility index (Phi) is 6.02. The first-order chi connectivity index (χ1) is 11.8. The highest BCUT2D eigenvalue weighted by Crippen LogP contribution is 2.24. The van der Waals surface area contributed by atoms with Crippen LogP contribution in [0, 0.1) is 11.8 Å². The second-order valence-corrected chi connectivity index (χ2v) is 7.45. The van der Waals surface area contributed by atoms with Crippen LogP contribution in [-0.2, 0) is 21.5 Å². The monoisotopic (exact) mass is 351 g/mol. The van der Waals surface area contributed by atoms with Crippen molar-refractivity contribution >= 4 is 11.9 Å². The Labute approximate surface area is 149 Å². The number of nitrogens with one attached hydrogen (secondary N) is 1. The lowest BCUT2D eigenvalue weighted by Gasteiger charge is -2.21. The molecule has 2 rings (SSSR count). The SMILES string of the molecule is CCNC(=NCc1noc(C(C)(C)C)n1)N1CC(C)C(C(=O)OC)C1. The zero-order chi connectivity index (χ0) is 18.6. The number of carbonyl (C=O) groups excluding carboxylic acids is 1. The molecule has 1 saturated heterocycles. The van der Waals surface area contributed by atoms with Crippen LogP contribution in [0.2, 0.25) is 0 Å². The van der Waals surface area contributed by atoms with Gasteiger partial charge < -0.3 is 19.5 Å². The van der Waals surface area contributed by atoms with E-state index in [1.807, 2.05) is 27.7 Å². The van der Waals surface area contributed by atoms with Crippen molar-refractivity contribution in [3.8, 4) is 0 Å². The van der Waals surface area contributed by atoms with Gasteiger partial charge in [0.25, 0.3) is 0 Å². The van der Waals surface area contributed by atoms with E-state index >= 15 is 0 Å². The van der Waals surface area contributed by atoms with Crippen molar-refractivity contribution in [1.29, 1.82) is 0 Å². The number of rotatable bonds is 4. The third kappa shape index (κ3) is 4.70. The Morgan fingerprint density at radius 3 is 2.72 bits per heavy atom. The third-order valence-corrected chi connectivity index (χ3v) is 4.23. The molecule has 25 heavy (non-hydrogen) atoms. The van der Waals surface area contributed by atoms with E-state index in [1.165, 1.54) is 7.11 Å². The predicted molar refractivity (Wildman–Crippen MR) is 94.1 cm³/mol. The molecule has 1 aliphatic heterocycles.